The molecule has 0 saturated carbocycles. The molecular formula is C22H18N2O5S2. The van der Waals surface area contributed by atoms with Crippen molar-refractivity contribution in [3.05, 3.63) is 88.7 Å². The van der Waals surface area contributed by atoms with Gasteiger partial charge in [-0.2, -0.15) is 0 Å². The van der Waals surface area contributed by atoms with E-state index in [1.54, 1.807) is 31.2 Å². The normalized spacial score (nSPS) is 16.0. The quantitative estimate of drug-likeness (QED) is 0.565. The number of hydrogen-bond acceptors (Lipinski definition) is 8. The lowest BCUT2D eigenvalue weighted by Gasteiger charge is -2.24. The van der Waals surface area contributed by atoms with Crippen LogP contribution in [0.1, 0.15) is 33.8 Å². The number of carbonyl (C=O) groups is 2. The molecule has 3 heterocycles. The summed E-state index contributed by atoms with van der Waals surface area (Å²) in [6.07, 6.45) is 1.82. The van der Waals surface area contributed by atoms with Crippen LogP contribution in [0.4, 0.5) is 0 Å². The van der Waals surface area contributed by atoms with E-state index >= 15 is 0 Å². The first-order valence-electron chi connectivity index (χ1n) is 9.27. The van der Waals surface area contributed by atoms with Crippen LogP contribution in [0.25, 0.3) is 6.08 Å². The van der Waals surface area contributed by atoms with Crippen LogP contribution < -0.4 is 14.9 Å². The summed E-state index contributed by atoms with van der Waals surface area (Å²) in [5.74, 6) is -1.03. The Hall–Kier alpha value is -3.30. The minimum atomic E-state index is -0.721. The third-order valence-corrected chi connectivity index (χ3v) is 6.69. The first kappa shape index (κ1) is 21.0. The van der Waals surface area contributed by atoms with Crippen LogP contribution in [0.5, 0.6) is 0 Å². The Labute approximate surface area is 185 Å². The second-order valence-electron chi connectivity index (χ2n) is 6.70. The first-order chi connectivity index (χ1) is 14.9. The lowest BCUT2D eigenvalue weighted by atomic mass is 9.95. The summed E-state index contributed by atoms with van der Waals surface area (Å²) in [6.45, 7) is 1.72. The summed E-state index contributed by atoms with van der Waals surface area (Å²) in [6, 6.07) is 9.74. The Morgan fingerprint density at radius 1 is 1.10 bits per heavy atom. The lowest BCUT2D eigenvalue weighted by Crippen LogP contribution is -2.39. The molecule has 1 aromatic carbocycles. The van der Waals surface area contributed by atoms with Gasteiger partial charge in [0.2, 0.25) is 0 Å². The molecule has 158 valence electrons. The van der Waals surface area contributed by atoms with Gasteiger partial charge in [0.25, 0.3) is 5.56 Å². The van der Waals surface area contributed by atoms with E-state index in [1.165, 1.54) is 41.5 Å². The van der Waals surface area contributed by atoms with Crippen molar-refractivity contribution in [1.29, 1.82) is 0 Å². The molecule has 0 spiro atoms. The predicted molar refractivity (Wildman–Crippen MR) is 118 cm³/mol. The van der Waals surface area contributed by atoms with Gasteiger partial charge in [0.1, 0.15) is 0 Å². The van der Waals surface area contributed by atoms with Crippen molar-refractivity contribution in [2.45, 2.75) is 13.0 Å². The molecule has 3 aromatic rings. The van der Waals surface area contributed by atoms with Gasteiger partial charge >= 0.3 is 11.9 Å². The molecule has 1 aliphatic rings. The molecule has 2 aromatic heterocycles. The van der Waals surface area contributed by atoms with E-state index < -0.39 is 18.0 Å². The van der Waals surface area contributed by atoms with Crippen LogP contribution in [0.2, 0.25) is 0 Å². The molecule has 0 radical (unpaired) electrons. The largest absolute Gasteiger partial charge is 0.466 e. The summed E-state index contributed by atoms with van der Waals surface area (Å²) in [5, 5.41) is 1.94. The number of thiazole rings is 1. The van der Waals surface area contributed by atoms with Crippen LogP contribution >= 0.6 is 22.7 Å². The highest BCUT2D eigenvalue weighted by Gasteiger charge is 2.33. The van der Waals surface area contributed by atoms with Gasteiger partial charge in [-0.1, -0.05) is 29.5 Å². The fourth-order valence-corrected chi connectivity index (χ4v) is 5.20. The molecular weight excluding hydrogens is 436 g/mol. The van der Waals surface area contributed by atoms with E-state index in [0.717, 1.165) is 4.88 Å². The fourth-order valence-electron chi connectivity index (χ4n) is 3.43. The summed E-state index contributed by atoms with van der Waals surface area (Å²) in [4.78, 5) is 43.7. The smallest absolute Gasteiger partial charge is 0.338 e. The number of methoxy groups -OCH3 is 2. The molecule has 0 saturated heterocycles. The van der Waals surface area contributed by atoms with Gasteiger partial charge in [0.05, 0.1) is 41.6 Å². The topological polar surface area (TPSA) is 87.0 Å². The Morgan fingerprint density at radius 2 is 1.81 bits per heavy atom. The van der Waals surface area contributed by atoms with Crippen LogP contribution in [-0.4, -0.2) is 30.7 Å². The van der Waals surface area contributed by atoms with Gasteiger partial charge in [0, 0.05) is 4.88 Å². The molecule has 0 amide bonds. The molecule has 31 heavy (non-hydrogen) atoms. The highest BCUT2D eigenvalue weighted by Crippen LogP contribution is 2.30. The van der Waals surface area contributed by atoms with Gasteiger partial charge in [-0.05, 0) is 42.1 Å². The zero-order valence-corrected chi connectivity index (χ0v) is 18.6. The number of benzene rings is 1. The molecule has 7 nitrogen and oxygen atoms in total. The summed E-state index contributed by atoms with van der Waals surface area (Å²) in [7, 11) is 2.60. The number of hydrogen-bond donors (Lipinski definition) is 0. The van der Waals surface area contributed by atoms with Crippen molar-refractivity contribution < 1.29 is 19.1 Å². The number of thiophene rings is 1. The Kier molecular flexibility index (Phi) is 5.71. The Balaban J connectivity index is 1.94. The molecule has 0 aliphatic carbocycles. The molecule has 0 N–H and O–H groups in total. The summed E-state index contributed by atoms with van der Waals surface area (Å²) in [5.41, 5.74) is 1.55. The van der Waals surface area contributed by atoms with Crippen molar-refractivity contribution in [3.8, 4) is 0 Å². The van der Waals surface area contributed by atoms with E-state index in [2.05, 4.69) is 4.99 Å². The third kappa shape index (κ3) is 3.77. The summed E-state index contributed by atoms with van der Waals surface area (Å²) < 4.78 is 11.8. The number of fused-ring (bicyclic) bond motifs is 1. The maximum Gasteiger partial charge on any atom is 0.338 e. The van der Waals surface area contributed by atoms with Crippen molar-refractivity contribution in [3.63, 3.8) is 0 Å². The zero-order valence-electron chi connectivity index (χ0n) is 16.9. The average molecular weight is 455 g/mol. The second-order valence-corrected chi connectivity index (χ2v) is 8.69. The van der Waals surface area contributed by atoms with E-state index in [4.69, 9.17) is 9.47 Å². The summed E-state index contributed by atoms with van der Waals surface area (Å²) >= 11 is 2.80. The average Bonchev–Trinajstić information content (AvgIpc) is 3.40. The van der Waals surface area contributed by atoms with Gasteiger partial charge in [-0.3, -0.25) is 9.36 Å². The first-order valence-corrected chi connectivity index (χ1v) is 11.0. The highest BCUT2D eigenvalue weighted by atomic mass is 32.1. The minimum Gasteiger partial charge on any atom is -0.466 e. The van der Waals surface area contributed by atoms with Crippen LogP contribution in [0.15, 0.2) is 62.8 Å². The van der Waals surface area contributed by atoms with Gasteiger partial charge in [-0.15, -0.1) is 11.3 Å². The lowest BCUT2D eigenvalue weighted by molar-refractivity contribution is -0.136. The maximum absolute atomic E-state index is 13.3. The Bertz CT molecular complexity index is 1360. The molecule has 0 bridgehead atoms. The molecule has 0 fully saturated rings. The number of carbonyl (C=O) groups excluding carboxylic acids is 2. The van der Waals surface area contributed by atoms with Crippen LogP contribution in [0.3, 0.4) is 0 Å². The number of nitrogens with zero attached hydrogens (tertiary/aromatic N) is 2. The number of esters is 2. The second kappa shape index (κ2) is 8.44. The zero-order chi connectivity index (χ0) is 22.1. The minimum absolute atomic E-state index is 0.243. The van der Waals surface area contributed by atoms with E-state index in [1.807, 2.05) is 23.6 Å². The third-order valence-electron chi connectivity index (χ3n) is 4.89. The number of allylic oxidation sites excluding steroid dienone is 1. The van der Waals surface area contributed by atoms with Crippen LogP contribution in [-0.2, 0) is 14.3 Å². The van der Waals surface area contributed by atoms with Crippen molar-refractivity contribution in [2.75, 3.05) is 14.2 Å². The van der Waals surface area contributed by atoms with Crippen molar-refractivity contribution >= 4 is 40.7 Å². The fraction of sp³-hybridized carbons (Fsp3) is 0.182. The monoisotopic (exact) mass is 454 g/mol. The Morgan fingerprint density at radius 3 is 2.42 bits per heavy atom. The molecule has 1 atom stereocenters. The van der Waals surface area contributed by atoms with Gasteiger partial charge < -0.3 is 9.47 Å². The predicted octanol–water partition coefficient (Wildman–Crippen LogP) is 2.26. The van der Waals surface area contributed by atoms with E-state index in [-0.39, 0.29) is 11.1 Å². The number of ether oxygens (including phenoxy) is 2. The number of aromatic nitrogens is 1. The number of rotatable bonds is 4. The molecule has 9 heteroatoms. The van der Waals surface area contributed by atoms with Crippen molar-refractivity contribution in [1.82, 2.24) is 4.57 Å². The van der Waals surface area contributed by atoms with E-state index in [9.17, 15) is 14.4 Å². The van der Waals surface area contributed by atoms with Gasteiger partial charge in [0.15, 0.2) is 4.80 Å². The highest BCUT2D eigenvalue weighted by molar-refractivity contribution is 7.11. The maximum atomic E-state index is 13.3. The SMILES string of the molecule is COC(=O)C1=C(C)N=c2s/c(=C\c3cccs3)c(=O)n2C1c1ccc(C(=O)OC)cc1. The van der Waals surface area contributed by atoms with E-state index in [0.29, 0.717) is 26.2 Å². The molecule has 4 rings (SSSR count). The molecule has 1 aliphatic heterocycles. The van der Waals surface area contributed by atoms with Gasteiger partial charge in [-0.25, -0.2) is 14.6 Å². The van der Waals surface area contributed by atoms with Crippen LogP contribution in [0, 0.1) is 0 Å². The standard InChI is InChI=1S/C22H18N2O5S2/c1-12-17(21(27)29-3)18(13-6-8-14(9-7-13)20(26)28-2)24-19(25)16(31-22(24)23-12)11-15-5-4-10-30-15/h4-11,18H,1-3H3/b16-11-. The van der Waals surface area contributed by atoms with Crippen molar-refractivity contribution in [2.24, 2.45) is 4.99 Å². The molecule has 1 unspecified atom stereocenters.